The zero-order valence-electron chi connectivity index (χ0n) is 18.2. The van der Waals surface area contributed by atoms with Crippen LogP contribution in [-0.4, -0.2) is 32.4 Å². The van der Waals surface area contributed by atoms with Gasteiger partial charge in [-0.1, -0.05) is 78.9 Å². The van der Waals surface area contributed by atoms with Gasteiger partial charge in [0.05, 0.1) is 11.4 Å². The third-order valence-electron chi connectivity index (χ3n) is 5.62. The van der Waals surface area contributed by atoms with Crippen LogP contribution >= 0.6 is 0 Å². The van der Waals surface area contributed by atoms with Crippen LogP contribution in [0.15, 0.2) is 97.1 Å². The number of nitrogens with zero attached hydrogens (tertiary/aromatic N) is 3. The van der Waals surface area contributed by atoms with Gasteiger partial charge in [-0.25, -0.2) is 9.69 Å². The van der Waals surface area contributed by atoms with E-state index in [1.165, 1.54) is 5.01 Å². The highest BCUT2D eigenvalue weighted by molar-refractivity contribution is 6.11. The number of aromatic nitrogens is 2. The average Bonchev–Trinajstić information content (AvgIpc) is 3.42. The van der Waals surface area contributed by atoms with Crippen molar-refractivity contribution in [3.05, 3.63) is 108 Å². The lowest BCUT2D eigenvalue weighted by molar-refractivity contribution is 0.528. The van der Waals surface area contributed by atoms with E-state index in [9.17, 15) is 0 Å². The van der Waals surface area contributed by atoms with Gasteiger partial charge in [-0.15, -0.1) is 0 Å². The van der Waals surface area contributed by atoms with E-state index in [-0.39, 0.29) is 17.6 Å². The Kier molecular flexibility index (Phi) is 5.15. The SMILES string of the molecule is N=C(NN1C(=N)NC(N)(c2ccccc2)C1=N)c1cc(-c2ccccc2)nn1-c1ccccc1. The second-order valence-electron chi connectivity index (χ2n) is 7.85. The van der Waals surface area contributed by atoms with E-state index in [2.05, 4.69) is 10.7 Å². The van der Waals surface area contributed by atoms with Crippen LogP contribution in [0.4, 0.5) is 0 Å². The van der Waals surface area contributed by atoms with Crippen molar-refractivity contribution in [2.75, 3.05) is 0 Å². The molecule has 1 unspecified atom stereocenters. The summed E-state index contributed by atoms with van der Waals surface area (Å²) in [5, 5.41) is 34.6. The van der Waals surface area contributed by atoms with Crippen molar-refractivity contribution >= 4 is 17.6 Å². The second-order valence-corrected chi connectivity index (χ2v) is 7.85. The number of para-hydroxylation sites is 1. The maximum absolute atomic E-state index is 8.80. The number of nitrogens with one attached hydrogen (secondary N) is 5. The molecule has 0 spiro atoms. The molecule has 0 radical (unpaired) electrons. The molecule has 1 fully saturated rings. The smallest absolute Gasteiger partial charge is 0.218 e. The van der Waals surface area contributed by atoms with Crippen molar-refractivity contribution in [2.24, 2.45) is 5.73 Å². The zero-order valence-corrected chi connectivity index (χ0v) is 18.2. The minimum atomic E-state index is -1.39. The molecule has 0 bridgehead atoms. The molecule has 0 amide bonds. The molecule has 7 N–H and O–H groups in total. The van der Waals surface area contributed by atoms with E-state index < -0.39 is 5.66 Å². The monoisotopic (exact) mass is 449 g/mol. The van der Waals surface area contributed by atoms with Crippen LogP contribution in [0.1, 0.15) is 11.3 Å². The van der Waals surface area contributed by atoms with E-state index in [1.807, 2.05) is 78.9 Å². The normalized spacial score (nSPS) is 17.5. The molecule has 1 aliphatic rings. The van der Waals surface area contributed by atoms with E-state index in [1.54, 1.807) is 22.9 Å². The molecule has 34 heavy (non-hydrogen) atoms. The number of amidine groups is 2. The van der Waals surface area contributed by atoms with E-state index in [0.717, 1.165) is 11.3 Å². The third-order valence-corrected chi connectivity index (χ3v) is 5.62. The molecule has 4 aromatic rings. The predicted molar refractivity (Wildman–Crippen MR) is 132 cm³/mol. The second kappa shape index (κ2) is 8.30. The topological polar surface area (TPSA) is 143 Å². The maximum atomic E-state index is 8.80. The lowest BCUT2D eigenvalue weighted by Crippen LogP contribution is -2.53. The standard InChI is InChI=1S/C25H23N9/c26-22(32-34-23(27)25(29,30-24(34)28)18-12-6-2-7-13-18)21-16-20(17-10-4-1-5-11-17)31-33(21)19-14-8-3-9-15-19/h1-16,27H,29H2,(H2,26,32)(H2,28,30). The van der Waals surface area contributed by atoms with Crippen LogP contribution in [-0.2, 0) is 5.66 Å². The minimum absolute atomic E-state index is 0.0351. The van der Waals surface area contributed by atoms with Gasteiger partial charge in [0, 0.05) is 5.56 Å². The molecule has 9 heteroatoms. The van der Waals surface area contributed by atoms with Crippen LogP contribution in [0.5, 0.6) is 0 Å². The molecule has 1 aliphatic heterocycles. The van der Waals surface area contributed by atoms with Crippen molar-refractivity contribution in [1.29, 1.82) is 16.2 Å². The van der Waals surface area contributed by atoms with Gasteiger partial charge in [-0.05, 0) is 23.8 Å². The first-order chi connectivity index (χ1) is 16.5. The summed E-state index contributed by atoms with van der Waals surface area (Å²) in [6.07, 6.45) is 0. The Morgan fingerprint density at radius 3 is 2.12 bits per heavy atom. The Bertz CT molecular complexity index is 1360. The van der Waals surface area contributed by atoms with Gasteiger partial charge in [0.15, 0.2) is 17.3 Å². The van der Waals surface area contributed by atoms with Crippen molar-refractivity contribution in [3.63, 3.8) is 0 Å². The number of hydrazine groups is 1. The van der Waals surface area contributed by atoms with Gasteiger partial charge in [0.2, 0.25) is 5.96 Å². The first-order valence-electron chi connectivity index (χ1n) is 10.6. The van der Waals surface area contributed by atoms with Crippen molar-refractivity contribution in [1.82, 2.24) is 25.5 Å². The summed E-state index contributed by atoms with van der Waals surface area (Å²) in [5.41, 5.74) is 11.5. The molecule has 5 rings (SSSR count). The number of benzene rings is 3. The first-order valence-corrected chi connectivity index (χ1v) is 10.6. The number of hydrogen-bond acceptors (Lipinski definition) is 5. The van der Waals surface area contributed by atoms with Crippen LogP contribution in [0, 0.1) is 16.2 Å². The van der Waals surface area contributed by atoms with Crippen LogP contribution in [0.25, 0.3) is 16.9 Å². The number of rotatable bonds is 5. The minimum Gasteiger partial charge on any atom is -0.326 e. The van der Waals surface area contributed by atoms with Gasteiger partial charge >= 0.3 is 0 Å². The Hall–Kier alpha value is -4.76. The summed E-state index contributed by atoms with van der Waals surface area (Å²) in [6, 6.07) is 30.1. The van der Waals surface area contributed by atoms with E-state index in [4.69, 9.17) is 27.1 Å². The number of hydrogen-bond donors (Lipinski definition) is 6. The molecular weight excluding hydrogens is 426 g/mol. The maximum Gasteiger partial charge on any atom is 0.218 e. The average molecular weight is 450 g/mol. The molecule has 1 aromatic heterocycles. The fourth-order valence-corrected chi connectivity index (χ4v) is 3.86. The zero-order chi connectivity index (χ0) is 23.7. The highest BCUT2D eigenvalue weighted by atomic mass is 15.6. The molecule has 1 atom stereocenters. The van der Waals surface area contributed by atoms with E-state index >= 15 is 0 Å². The van der Waals surface area contributed by atoms with Crippen LogP contribution < -0.4 is 16.5 Å². The van der Waals surface area contributed by atoms with E-state index in [0.29, 0.717) is 17.0 Å². The number of guanidine groups is 1. The van der Waals surface area contributed by atoms with Crippen LogP contribution in [0.2, 0.25) is 0 Å². The summed E-state index contributed by atoms with van der Waals surface area (Å²) >= 11 is 0. The summed E-state index contributed by atoms with van der Waals surface area (Å²) in [6.45, 7) is 0. The largest absolute Gasteiger partial charge is 0.326 e. The fourth-order valence-electron chi connectivity index (χ4n) is 3.86. The quantitative estimate of drug-likeness (QED) is 0.205. The fraction of sp³-hybridized carbons (Fsp3) is 0.0400. The van der Waals surface area contributed by atoms with Gasteiger partial charge in [0.1, 0.15) is 5.69 Å². The van der Waals surface area contributed by atoms with Gasteiger partial charge in [0.25, 0.3) is 0 Å². The molecule has 168 valence electrons. The molecule has 0 aliphatic carbocycles. The molecule has 1 saturated heterocycles. The summed E-state index contributed by atoms with van der Waals surface area (Å²) in [5.74, 6) is -0.259. The van der Waals surface area contributed by atoms with Crippen molar-refractivity contribution in [3.8, 4) is 16.9 Å². The van der Waals surface area contributed by atoms with Gasteiger partial charge in [-0.2, -0.15) is 5.10 Å². The Balaban J connectivity index is 1.48. The first kappa shape index (κ1) is 21.1. The summed E-state index contributed by atoms with van der Waals surface area (Å²) < 4.78 is 1.67. The Morgan fingerprint density at radius 1 is 0.882 bits per heavy atom. The molecular formula is C25H23N9. The van der Waals surface area contributed by atoms with Gasteiger partial charge < -0.3 is 5.32 Å². The Morgan fingerprint density at radius 2 is 1.47 bits per heavy atom. The highest BCUT2D eigenvalue weighted by Crippen LogP contribution is 2.24. The predicted octanol–water partition coefficient (Wildman–Crippen LogP) is 3.00. The highest BCUT2D eigenvalue weighted by Gasteiger charge is 2.45. The molecule has 9 nitrogen and oxygen atoms in total. The van der Waals surface area contributed by atoms with Crippen LogP contribution in [0.3, 0.4) is 0 Å². The number of nitrogens with two attached hydrogens (primary N) is 1. The Labute approximate surface area is 196 Å². The molecule has 3 aromatic carbocycles. The molecule has 0 saturated carbocycles. The molecule has 2 heterocycles. The third kappa shape index (κ3) is 3.59. The summed E-state index contributed by atoms with van der Waals surface area (Å²) in [7, 11) is 0. The van der Waals surface area contributed by atoms with Gasteiger partial charge in [-0.3, -0.25) is 27.4 Å². The van der Waals surface area contributed by atoms with Crippen molar-refractivity contribution in [2.45, 2.75) is 5.66 Å². The van der Waals surface area contributed by atoms with Crippen molar-refractivity contribution < 1.29 is 0 Å². The summed E-state index contributed by atoms with van der Waals surface area (Å²) in [4.78, 5) is 0. The lowest BCUT2D eigenvalue weighted by atomic mass is 10.0. The lowest BCUT2D eigenvalue weighted by Gasteiger charge is -2.25.